The third-order valence-corrected chi connectivity index (χ3v) is 23.3. The highest BCUT2D eigenvalue weighted by molar-refractivity contribution is 6.79. The van der Waals surface area contributed by atoms with Crippen molar-refractivity contribution in [3.8, 4) is 67.8 Å². The first kappa shape index (κ1) is 87.8. The zero-order chi connectivity index (χ0) is 88.6. The minimum Gasteiger partial charge on any atom is -0.279 e. The maximum absolute atomic E-state index is 8.31. The highest BCUT2D eigenvalue weighted by atomic mass is 15.3. The average molecular weight is 1400 g/mol. The number of fused-ring (bicyclic) bond motifs is 14. The minimum atomic E-state index is -3.23. The lowest BCUT2D eigenvalue weighted by Gasteiger charge is -2.49. The van der Waals surface area contributed by atoms with Crippen molar-refractivity contribution in [1.29, 1.82) is 0 Å². The summed E-state index contributed by atoms with van der Waals surface area (Å²) >= 11 is 0. The molecule has 14 aromatic rings. The molecule has 90 radical (unpaired) electrons. The molecular formula is C70B45N5. The smallest absolute Gasteiger partial charge is 0.240 e. The largest absolute Gasteiger partial charge is 0.279 e. The van der Waals surface area contributed by atoms with E-state index < -0.39 is 171 Å². The van der Waals surface area contributed by atoms with E-state index in [9.17, 15) is 0 Å². The van der Waals surface area contributed by atoms with Crippen molar-refractivity contribution in [3.63, 3.8) is 0 Å². The lowest BCUT2D eigenvalue weighted by Crippen LogP contribution is -2.68. The van der Waals surface area contributed by atoms with Crippen LogP contribution in [-0.2, 0) is 5.41 Å². The van der Waals surface area contributed by atoms with Crippen molar-refractivity contribution < 1.29 is 0 Å². The third kappa shape index (κ3) is 11.3. The molecule has 0 fully saturated rings. The average Bonchev–Trinajstić information content (AvgIpc) is 1.05. The van der Waals surface area contributed by atoms with Gasteiger partial charge in [-0.15, -0.1) is 137 Å². The number of nitrogens with zero attached hydrogens (tertiary/aromatic N) is 5. The molecule has 11 aromatic carbocycles. The van der Waals surface area contributed by atoms with Crippen molar-refractivity contribution >= 4 is 643 Å². The molecular weight excluding hydrogens is 1400 g/mol. The summed E-state index contributed by atoms with van der Waals surface area (Å²) in [7, 11) is 323. The third-order valence-electron chi connectivity index (χ3n) is 23.3. The summed E-state index contributed by atoms with van der Waals surface area (Å²) in [6.45, 7) is 0. The maximum Gasteiger partial charge on any atom is 0.240 e. The molecule has 120 heavy (non-hydrogen) atoms. The minimum absolute atomic E-state index is 0.0554. The van der Waals surface area contributed by atoms with Crippen LogP contribution in [0.5, 0.6) is 0 Å². The summed E-state index contributed by atoms with van der Waals surface area (Å²) < 4.78 is 2.40. The van der Waals surface area contributed by atoms with Gasteiger partial charge in [0.15, 0.2) is 5.82 Å². The zero-order valence-corrected chi connectivity index (χ0v) is 63.2. The van der Waals surface area contributed by atoms with Crippen LogP contribution < -0.4 is 246 Å². The fourth-order valence-corrected chi connectivity index (χ4v) is 17.0. The van der Waals surface area contributed by atoms with Gasteiger partial charge in [-0.25, -0.2) is 0 Å². The van der Waals surface area contributed by atoms with E-state index in [0.717, 1.165) is 0 Å². The first-order valence-corrected chi connectivity index (χ1v) is 34.9. The molecule has 3 heterocycles. The molecule has 440 valence electrons. The number of hydrogen-bond acceptors (Lipinski definition) is 3. The summed E-state index contributed by atoms with van der Waals surface area (Å²) in [4.78, 5) is 15.5. The summed E-state index contributed by atoms with van der Waals surface area (Å²) in [5.41, 5.74) is -29.0. The van der Waals surface area contributed by atoms with Gasteiger partial charge in [0, 0.05) is 27.6 Å². The molecule has 1 aliphatic rings. The Morgan fingerprint density at radius 3 is 0.508 bits per heavy atom. The molecule has 0 aliphatic heterocycles. The van der Waals surface area contributed by atoms with Crippen LogP contribution in [0.4, 0.5) is 0 Å². The van der Waals surface area contributed by atoms with Crippen LogP contribution in [0, 0.1) is 0 Å². The molecule has 50 heteroatoms. The van der Waals surface area contributed by atoms with Crippen LogP contribution in [-0.4, -0.2) is 377 Å². The van der Waals surface area contributed by atoms with Crippen molar-refractivity contribution in [3.05, 3.63) is 22.3 Å². The van der Waals surface area contributed by atoms with Gasteiger partial charge in [0.1, 0.15) is 353 Å². The van der Waals surface area contributed by atoms with Crippen molar-refractivity contribution in [2.75, 3.05) is 0 Å². The number of aromatic nitrogens is 5. The fourth-order valence-electron chi connectivity index (χ4n) is 17.0. The van der Waals surface area contributed by atoms with Crippen LogP contribution in [0.3, 0.4) is 0 Å². The predicted octanol–water partition coefficient (Wildman–Crippen LogP) is -37.2. The Labute approximate surface area is 755 Å². The number of rotatable bonds is 7. The van der Waals surface area contributed by atoms with Crippen molar-refractivity contribution in [2.45, 2.75) is 5.41 Å². The van der Waals surface area contributed by atoms with Crippen molar-refractivity contribution in [1.82, 2.24) is 24.1 Å². The first-order chi connectivity index (χ1) is 55.9. The van der Waals surface area contributed by atoms with E-state index in [2.05, 4.69) is 0 Å². The fraction of sp³-hybridized carbons (Fsp3) is 0.0143. The quantitative estimate of drug-likeness (QED) is 0.118. The Bertz CT molecular complexity index is 6810. The lowest BCUT2D eigenvalue weighted by atomic mass is 9.43. The van der Waals surface area contributed by atoms with Crippen LogP contribution in [0.15, 0.2) is 0 Å². The highest BCUT2D eigenvalue weighted by Gasteiger charge is 2.49. The molecule has 0 unspecified atom stereocenters. The lowest BCUT2D eigenvalue weighted by molar-refractivity contribution is 0.791. The van der Waals surface area contributed by atoms with E-state index in [-0.39, 0.29) is 214 Å². The van der Waals surface area contributed by atoms with Gasteiger partial charge in [0.2, 0.25) is 11.9 Å². The molecule has 15 rings (SSSR count). The first-order valence-electron chi connectivity index (χ1n) is 34.9. The van der Waals surface area contributed by atoms with E-state index in [4.69, 9.17) is 368 Å². The Hall–Kier alpha value is -7.05. The van der Waals surface area contributed by atoms with Crippen LogP contribution in [0.2, 0.25) is 0 Å². The number of benzene rings is 11. The summed E-state index contributed by atoms with van der Waals surface area (Å²) in [5, 5.41) is -0.221. The van der Waals surface area contributed by atoms with Crippen molar-refractivity contribution in [2.24, 2.45) is 0 Å². The van der Waals surface area contributed by atoms with Gasteiger partial charge in [0.25, 0.3) is 0 Å². The summed E-state index contributed by atoms with van der Waals surface area (Å²) in [6, 6.07) is 0. The summed E-state index contributed by atoms with van der Waals surface area (Å²) in [5.74, 6) is -1.99. The van der Waals surface area contributed by atoms with Crippen LogP contribution in [0.25, 0.3) is 111 Å². The van der Waals surface area contributed by atoms with Gasteiger partial charge in [0.05, 0.1) is 5.41 Å². The topological polar surface area (TPSA) is 48.5 Å². The molecule has 3 aromatic heterocycles. The predicted molar refractivity (Wildman–Crippen MR) is 550 cm³/mol. The van der Waals surface area contributed by atoms with Gasteiger partial charge in [-0.3, -0.25) is 9.13 Å². The second-order valence-corrected chi connectivity index (χ2v) is 29.1. The van der Waals surface area contributed by atoms with Crippen LogP contribution >= 0.6 is 0 Å². The van der Waals surface area contributed by atoms with Gasteiger partial charge < -0.3 is 0 Å². The standard InChI is InChI=1S/C70B45N5/c71-18-1-2(4-6(24(77)42(95)40(93)22(4)75)8-7(25(78)43(96)44(97)26(8)79)5-3(1)21(74)39(92)41(94)23(5)76)20(73)32(85)14(18)70(16-34(87)49(102)53(106)50(103)35(16)88,17-36(89)51(104)54(107)52(105)37(17)90)15-19(72)13(31(84)38(91)33(15)86)67-116-68(119-63-9(27(80)45(98)55(108)59(63)112)10-28(81)46(99)56(109)60(113)64(10)119)118-69(117-67)120-65-11(29(82)47(100)57(110)61(65)114)12-30(83)48(101)58(111)62(115)66(12)120. The van der Waals surface area contributed by atoms with E-state index >= 15 is 0 Å². The highest BCUT2D eigenvalue weighted by Crippen LogP contribution is 2.46. The van der Waals surface area contributed by atoms with Gasteiger partial charge >= 0.3 is 0 Å². The van der Waals surface area contributed by atoms with E-state index in [1.54, 1.807) is 0 Å². The maximum atomic E-state index is 8.31. The molecule has 0 N–H and O–H groups in total. The Balaban J connectivity index is 1.27. The molecule has 1 aliphatic carbocycles. The molecule has 5 nitrogen and oxygen atoms in total. The Morgan fingerprint density at radius 1 is 0.133 bits per heavy atom. The second kappa shape index (κ2) is 29.8. The molecule has 0 atom stereocenters. The van der Waals surface area contributed by atoms with Gasteiger partial charge in [-0.1, -0.05) is 109 Å². The molecule has 0 saturated carbocycles. The Morgan fingerprint density at radius 2 is 0.275 bits per heavy atom. The molecule has 0 saturated heterocycles. The monoisotopic (exact) mass is 1410 g/mol. The van der Waals surface area contributed by atoms with E-state index in [0.29, 0.717) is 0 Å². The number of hydrogen-bond donors (Lipinski definition) is 0. The summed E-state index contributed by atoms with van der Waals surface area (Å²) in [6.07, 6.45) is 0. The molecule has 0 spiro atoms. The molecule has 0 bridgehead atoms. The Kier molecular flexibility index (Phi) is 21.8. The van der Waals surface area contributed by atoms with E-state index in [1.165, 1.54) is 9.13 Å². The SMILES string of the molecule is [B]c1c([B])c([B])c(C(c2c([B])c([B])c([B])c([B])c2[B])(c2c([B])c([B])c([B])c(-c3nc(-n4c5c([B])c([B])c([B])c([B])c5c5c([B])c([B])c([B])c([B])c54)nc(-n4c5c([B])c([B])c([B])c([B])c5c5c([B])c([B])c([B])c([B])c54)n3)c2[B])c2c([B])c([B])c3c(c2[B])-c2c([B])c([B])c([B])c([B])c2-c2c([B])c([B])c([B])c([B])c2-c2c([B])c([B])c([B])c([B])c2-3)c([B])c1[B]. The van der Waals surface area contributed by atoms with Gasteiger partial charge in [-0.05, 0) is 88.3 Å². The normalized spacial score (nSPS) is 12.0. The molecule has 0 amide bonds. The second-order valence-electron chi connectivity index (χ2n) is 29.1. The van der Waals surface area contributed by atoms with Crippen LogP contribution in [0.1, 0.15) is 22.3 Å². The van der Waals surface area contributed by atoms with Gasteiger partial charge in [-0.2, -0.15) is 15.0 Å². The zero-order valence-electron chi connectivity index (χ0n) is 63.2. The van der Waals surface area contributed by atoms with E-state index in [1.807, 2.05) is 0 Å².